The molecule has 0 aliphatic rings. The van der Waals surface area contributed by atoms with Gasteiger partial charge in [0.1, 0.15) is 0 Å². The van der Waals surface area contributed by atoms with Crippen molar-refractivity contribution in [3.8, 4) is 0 Å². The number of alkyl halides is 1. The molecule has 1 aromatic carbocycles. The zero-order valence-electron chi connectivity index (χ0n) is 9.38. The fourth-order valence-corrected chi connectivity index (χ4v) is 2.48. The van der Waals surface area contributed by atoms with Crippen molar-refractivity contribution in [2.75, 3.05) is 6.54 Å². The van der Waals surface area contributed by atoms with E-state index in [1.165, 1.54) is 24.8 Å². The molecule has 1 nitrogen and oxygen atoms in total. The molecule has 0 radical (unpaired) electrons. The molecule has 15 heavy (non-hydrogen) atoms. The standard InChI is InChI=1S/C13H20IN/c1-2-6-13(14)9-10-15-11-12-7-4-3-5-8-12/h3-5,7-8,13,15H,2,6,9-11H2,1H3. The van der Waals surface area contributed by atoms with E-state index in [1.807, 2.05) is 0 Å². The Bertz CT molecular complexity index is 248. The van der Waals surface area contributed by atoms with E-state index in [2.05, 4.69) is 65.2 Å². The summed E-state index contributed by atoms with van der Waals surface area (Å²) in [6.45, 7) is 4.38. The van der Waals surface area contributed by atoms with Gasteiger partial charge in [0.15, 0.2) is 0 Å². The number of rotatable bonds is 7. The molecule has 0 amide bonds. The van der Waals surface area contributed by atoms with Crippen molar-refractivity contribution in [3.63, 3.8) is 0 Å². The maximum absolute atomic E-state index is 3.49. The minimum absolute atomic E-state index is 0.830. The molecule has 1 N–H and O–H groups in total. The van der Waals surface area contributed by atoms with Crippen LogP contribution in [0.5, 0.6) is 0 Å². The van der Waals surface area contributed by atoms with E-state index in [4.69, 9.17) is 0 Å². The van der Waals surface area contributed by atoms with Crippen LogP contribution in [0.2, 0.25) is 0 Å². The normalized spacial score (nSPS) is 12.7. The molecule has 0 aromatic heterocycles. The van der Waals surface area contributed by atoms with E-state index >= 15 is 0 Å². The Morgan fingerprint density at radius 3 is 2.60 bits per heavy atom. The van der Waals surface area contributed by atoms with Gasteiger partial charge in [-0.05, 0) is 24.9 Å². The summed E-state index contributed by atoms with van der Waals surface area (Å²) >= 11 is 2.56. The number of halogens is 1. The van der Waals surface area contributed by atoms with Crippen LogP contribution >= 0.6 is 22.6 Å². The highest BCUT2D eigenvalue weighted by Gasteiger charge is 2.01. The fourth-order valence-electron chi connectivity index (χ4n) is 1.54. The van der Waals surface area contributed by atoms with Crippen LogP contribution in [0, 0.1) is 0 Å². The fraction of sp³-hybridized carbons (Fsp3) is 0.538. The lowest BCUT2D eigenvalue weighted by molar-refractivity contribution is 0.619. The van der Waals surface area contributed by atoms with Gasteiger partial charge in [-0.15, -0.1) is 0 Å². The first-order chi connectivity index (χ1) is 7.33. The first kappa shape index (κ1) is 13.0. The Hall–Kier alpha value is -0.0900. The predicted octanol–water partition coefficient (Wildman–Crippen LogP) is 3.77. The van der Waals surface area contributed by atoms with Gasteiger partial charge in [-0.1, -0.05) is 66.3 Å². The summed E-state index contributed by atoms with van der Waals surface area (Å²) in [4.78, 5) is 0. The van der Waals surface area contributed by atoms with Crippen LogP contribution < -0.4 is 5.32 Å². The quantitative estimate of drug-likeness (QED) is 0.459. The van der Waals surface area contributed by atoms with Crippen molar-refractivity contribution in [1.29, 1.82) is 0 Å². The average Bonchev–Trinajstić information content (AvgIpc) is 2.26. The molecule has 0 heterocycles. The first-order valence-corrected chi connectivity index (χ1v) is 6.96. The van der Waals surface area contributed by atoms with E-state index in [1.54, 1.807) is 0 Å². The Morgan fingerprint density at radius 2 is 1.93 bits per heavy atom. The van der Waals surface area contributed by atoms with E-state index in [0.29, 0.717) is 0 Å². The van der Waals surface area contributed by atoms with Crippen molar-refractivity contribution in [3.05, 3.63) is 35.9 Å². The summed E-state index contributed by atoms with van der Waals surface area (Å²) in [7, 11) is 0. The molecule has 0 aliphatic heterocycles. The van der Waals surface area contributed by atoms with Gasteiger partial charge in [-0.3, -0.25) is 0 Å². The van der Waals surface area contributed by atoms with Gasteiger partial charge in [0.05, 0.1) is 0 Å². The molecule has 0 aliphatic carbocycles. The molecule has 84 valence electrons. The van der Waals surface area contributed by atoms with Crippen LogP contribution in [-0.2, 0) is 6.54 Å². The molecular weight excluding hydrogens is 297 g/mol. The van der Waals surface area contributed by atoms with Crippen molar-refractivity contribution >= 4 is 22.6 Å². The maximum Gasteiger partial charge on any atom is 0.0205 e. The van der Waals surface area contributed by atoms with Crippen molar-refractivity contribution in [2.45, 2.75) is 36.7 Å². The van der Waals surface area contributed by atoms with Gasteiger partial charge >= 0.3 is 0 Å². The van der Waals surface area contributed by atoms with Gasteiger partial charge in [0, 0.05) is 10.5 Å². The number of hydrogen-bond acceptors (Lipinski definition) is 1. The highest BCUT2D eigenvalue weighted by molar-refractivity contribution is 14.1. The van der Waals surface area contributed by atoms with Crippen LogP contribution in [0.4, 0.5) is 0 Å². The Morgan fingerprint density at radius 1 is 1.20 bits per heavy atom. The Balaban J connectivity index is 2.07. The van der Waals surface area contributed by atoms with Gasteiger partial charge in [0.25, 0.3) is 0 Å². The summed E-state index contributed by atoms with van der Waals surface area (Å²) < 4.78 is 0.830. The summed E-state index contributed by atoms with van der Waals surface area (Å²) in [6.07, 6.45) is 3.92. The molecule has 0 bridgehead atoms. The maximum atomic E-state index is 3.49. The van der Waals surface area contributed by atoms with Gasteiger partial charge in [0.2, 0.25) is 0 Å². The van der Waals surface area contributed by atoms with E-state index in [0.717, 1.165) is 17.0 Å². The highest BCUT2D eigenvalue weighted by atomic mass is 127. The molecule has 0 saturated carbocycles. The molecule has 0 spiro atoms. The molecule has 1 aromatic rings. The molecule has 2 heteroatoms. The second kappa shape index (κ2) is 8.11. The minimum Gasteiger partial charge on any atom is -0.313 e. The zero-order valence-corrected chi connectivity index (χ0v) is 11.5. The molecule has 1 atom stereocenters. The van der Waals surface area contributed by atoms with Crippen molar-refractivity contribution in [2.24, 2.45) is 0 Å². The van der Waals surface area contributed by atoms with Crippen molar-refractivity contribution in [1.82, 2.24) is 5.32 Å². The number of benzene rings is 1. The second-order valence-electron chi connectivity index (χ2n) is 3.84. The van der Waals surface area contributed by atoms with E-state index in [-0.39, 0.29) is 0 Å². The molecular formula is C13H20IN. The van der Waals surface area contributed by atoms with Crippen LogP contribution in [-0.4, -0.2) is 10.5 Å². The highest BCUT2D eigenvalue weighted by Crippen LogP contribution is 2.11. The van der Waals surface area contributed by atoms with Crippen LogP contribution in [0.15, 0.2) is 30.3 Å². The molecule has 1 rings (SSSR count). The molecule has 1 unspecified atom stereocenters. The number of hydrogen-bond donors (Lipinski definition) is 1. The van der Waals surface area contributed by atoms with Crippen LogP contribution in [0.25, 0.3) is 0 Å². The van der Waals surface area contributed by atoms with Crippen LogP contribution in [0.1, 0.15) is 31.7 Å². The lowest BCUT2D eigenvalue weighted by atomic mass is 10.2. The third-order valence-corrected chi connectivity index (χ3v) is 3.65. The molecule has 0 fully saturated rings. The lowest BCUT2D eigenvalue weighted by Crippen LogP contribution is -2.17. The first-order valence-electron chi connectivity index (χ1n) is 5.71. The SMILES string of the molecule is CCCC(I)CCNCc1ccccc1. The van der Waals surface area contributed by atoms with E-state index in [9.17, 15) is 0 Å². The summed E-state index contributed by atoms with van der Waals surface area (Å²) in [5, 5.41) is 3.49. The average molecular weight is 317 g/mol. The zero-order chi connectivity index (χ0) is 10.9. The largest absolute Gasteiger partial charge is 0.313 e. The van der Waals surface area contributed by atoms with Crippen molar-refractivity contribution < 1.29 is 0 Å². The third kappa shape index (κ3) is 6.15. The topological polar surface area (TPSA) is 12.0 Å². The minimum atomic E-state index is 0.830. The van der Waals surface area contributed by atoms with Crippen LogP contribution in [0.3, 0.4) is 0 Å². The Kier molecular flexibility index (Phi) is 7.01. The lowest BCUT2D eigenvalue weighted by Gasteiger charge is -2.09. The summed E-state index contributed by atoms with van der Waals surface area (Å²) in [5.74, 6) is 0. The smallest absolute Gasteiger partial charge is 0.0205 e. The third-order valence-electron chi connectivity index (χ3n) is 2.41. The molecule has 0 saturated heterocycles. The van der Waals surface area contributed by atoms with Gasteiger partial charge < -0.3 is 5.32 Å². The van der Waals surface area contributed by atoms with Gasteiger partial charge in [-0.25, -0.2) is 0 Å². The summed E-state index contributed by atoms with van der Waals surface area (Å²) in [6, 6.07) is 10.6. The Labute approximate surface area is 107 Å². The monoisotopic (exact) mass is 317 g/mol. The van der Waals surface area contributed by atoms with E-state index < -0.39 is 0 Å². The predicted molar refractivity (Wildman–Crippen MR) is 75.5 cm³/mol. The second-order valence-corrected chi connectivity index (χ2v) is 5.60. The van der Waals surface area contributed by atoms with Gasteiger partial charge in [-0.2, -0.15) is 0 Å². The number of nitrogens with one attached hydrogen (secondary N) is 1. The summed E-state index contributed by atoms with van der Waals surface area (Å²) in [5.41, 5.74) is 1.37.